The molecule has 1 heterocycles. The Bertz CT molecular complexity index is 959. The molecule has 0 spiro atoms. The van der Waals surface area contributed by atoms with Crippen LogP contribution in [0.15, 0.2) is 48.5 Å². The maximum atomic E-state index is 12.6. The lowest BCUT2D eigenvalue weighted by molar-refractivity contribution is -0.136. The van der Waals surface area contributed by atoms with Crippen LogP contribution in [0, 0.1) is 0 Å². The van der Waals surface area contributed by atoms with Crippen LogP contribution in [0.1, 0.15) is 23.7 Å². The van der Waals surface area contributed by atoms with Gasteiger partial charge in [-0.1, -0.05) is 30.7 Å². The first-order valence-electron chi connectivity index (χ1n) is 11.1. The fourth-order valence-corrected chi connectivity index (χ4v) is 3.65. The van der Waals surface area contributed by atoms with Gasteiger partial charge < -0.3 is 20.3 Å². The SMILES string of the molecule is CCCOc1ccc(NC(=O)C(=O)NCCN2CCN(C(=O)c3ccccc3Cl)CC2)cc1. The van der Waals surface area contributed by atoms with Gasteiger partial charge in [0.15, 0.2) is 0 Å². The quantitative estimate of drug-likeness (QED) is 0.576. The van der Waals surface area contributed by atoms with Gasteiger partial charge >= 0.3 is 11.8 Å². The number of halogens is 1. The monoisotopic (exact) mass is 472 g/mol. The van der Waals surface area contributed by atoms with Gasteiger partial charge in [0.2, 0.25) is 0 Å². The number of carbonyl (C=O) groups is 3. The third kappa shape index (κ3) is 7.20. The molecule has 2 N–H and O–H groups in total. The van der Waals surface area contributed by atoms with Gasteiger partial charge in [0.25, 0.3) is 5.91 Å². The summed E-state index contributed by atoms with van der Waals surface area (Å²) >= 11 is 6.13. The number of nitrogens with one attached hydrogen (secondary N) is 2. The first-order chi connectivity index (χ1) is 16.0. The van der Waals surface area contributed by atoms with Gasteiger partial charge in [0, 0.05) is 45.0 Å². The molecule has 1 fully saturated rings. The van der Waals surface area contributed by atoms with Gasteiger partial charge in [-0.25, -0.2) is 0 Å². The number of anilines is 1. The Kier molecular flexibility index (Phi) is 9.09. The summed E-state index contributed by atoms with van der Waals surface area (Å²) in [6.45, 7) is 6.12. The molecule has 176 valence electrons. The van der Waals surface area contributed by atoms with Gasteiger partial charge in [0.1, 0.15) is 5.75 Å². The predicted octanol–water partition coefficient (Wildman–Crippen LogP) is 2.64. The zero-order valence-electron chi connectivity index (χ0n) is 18.7. The van der Waals surface area contributed by atoms with Gasteiger partial charge in [0.05, 0.1) is 17.2 Å². The standard InChI is InChI=1S/C24H29ClN4O4/c1-2-17-33-19-9-7-18(8-10-19)27-23(31)22(30)26-11-12-28-13-15-29(16-14-28)24(32)20-5-3-4-6-21(20)25/h3-10H,2,11-17H2,1H3,(H,26,30)(H,27,31). The van der Waals surface area contributed by atoms with Crippen molar-refractivity contribution in [2.24, 2.45) is 0 Å². The number of amides is 3. The van der Waals surface area contributed by atoms with E-state index >= 15 is 0 Å². The molecular weight excluding hydrogens is 444 g/mol. The minimum Gasteiger partial charge on any atom is -0.494 e. The molecular formula is C24H29ClN4O4. The van der Waals surface area contributed by atoms with Crippen molar-refractivity contribution >= 4 is 35.0 Å². The highest BCUT2D eigenvalue weighted by Gasteiger charge is 2.23. The third-order valence-electron chi connectivity index (χ3n) is 5.27. The van der Waals surface area contributed by atoms with Crippen LogP contribution in [-0.4, -0.2) is 73.4 Å². The molecule has 1 aliphatic rings. The van der Waals surface area contributed by atoms with E-state index < -0.39 is 11.8 Å². The van der Waals surface area contributed by atoms with Crippen molar-refractivity contribution in [1.29, 1.82) is 0 Å². The van der Waals surface area contributed by atoms with E-state index in [9.17, 15) is 14.4 Å². The summed E-state index contributed by atoms with van der Waals surface area (Å²) in [6, 6.07) is 13.9. The zero-order valence-corrected chi connectivity index (χ0v) is 19.4. The van der Waals surface area contributed by atoms with Crippen molar-refractivity contribution < 1.29 is 19.1 Å². The normalized spacial score (nSPS) is 13.9. The highest BCUT2D eigenvalue weighted by atomic mass is 35.5. The molecule has 0 aromatic heterocycles. The highest BCUT2D eigenvalue weighted by molar-refractivity contribution is 6.39. The number of hydrogen-bond donors (Lipinski definition) is 2. The predicted molar refractivity (Wildman–Crippen MR) is 128 cm³/mol. The van der Waals surface area contributed by atoms with Crippen LogP contribution in [0.4, 0.5) is 5.69 Å². The van der Waals surface area contributed by atoms with Crippen LogP contribution >= 0.6 is 11.6 Å². The highest BCUT2D eigenvalue weighted by Crippen LogP contribution is 2.18. The molecule has 0 unspecified atom stereocenters. The molecule has 0 atom stereocenters. The molecule has 8 nitrogen and oxygen atoms in total. The van der Waals surface area contributed by atoms with Crippen LogP contribution in [0.5, 0.6) is 5.75 Å². The lowest BCUT2D eigenvalue weighted by Gasteiger charge is -2.34. The average molecular weight is 473 g/mol. The molecule has 0 radical (unpaired) electrons. The van der Waals surface area contributed by atoms with Gasteiger partial charge in [-0.05, 0) is 42.8 Å². The molecule has 3 amide bonds. The van der Waals surface area contributed by atoms with E-state index in [-0.39, 0.29) is 5.91 Å². The van der Waals surface area contributed by atoms with Gasteiger partial charge in [-0.2, -0.15) is 0 Å². The lowest BCUT2D eigenvalue weighted by atomic mass is 10.2. The molecule has 0 aliphatic carbocycles. The van der Waals surface area contributed by atoms with Gasteiger partial charge in [-0.15, -0.1) is 0 Å². The summed E-state index contributed by atoms with van der Waals surface area (Å²) < 4.78 is 5.50. The van der Waals surface area contributed by atoms with E-state index in [1.807, 2.05) is 6.92 Å². The summed E-state index contributed by atoms with van der Waals surface area (Å²) in [7, 11) is 0. The second-order valence-corrected chi connectivity index (χ2v) is 8.10. The Hall–Kier alpha value is -3.10. The molecule has 2 aromatic rings. The van der Waals surface area contributed by atoms with E-state index in [0.717, 1.165) is 6.42 Å². The van der Waals surface area contributed by atoms with E-state index in [1.54, 1.807) is 53.4 Å². The first kappa shape index (κ1) is 24.5. The van der Waals surface area contributed by atoms with Gasteiger partial charge in [-0.3, -0.25) is 19.3 Å². The molecule has 2 aromatic carbocycles. The third-order valence-corrected chi connectivity index (χ3v) is 5.60. The van der Waals surface area contributed by atoms with Crippen LogP contribution in [0.3, 0.4) is 0 Å². The molecule has 3 rings (SSSR count). The van der Waals surface area contributed by atoms with Crippen molar-refractivity contribution in [3.63, 3.8) is 0 Å². The molecule has 33 heavy (non-hydrogen) atoms. The van der Waals surface area contributed by atoms with Crippen molar-refractivity contribution in [3.8, 4) is 5.75 Å². The Morgan fingerprint density at radius 1 is 0.970 bits per heavy atom. The molecule has 0 saturated carbocycles. The average Bonchev–Trinajstić information content (AvgIpc) is 2.84. The summed E-state index contributed by atoms with van der Waals surface area (Å²) in [5.41, 5.74) is 1.03. The van der Waals surface area contributed by atoms with E-state index in [4.69, 9.17) is 16.3 Å². The number of carbonyl (C=O) groups excluding carboxylic acids is 3. The Morgan fingerprint density at radius 3 is 2.33 bits per heavy atom. The Labute approximate surface area is 198 Å². The largest absolute Gasteiger partial charge is 0.494 e. The lowest BCUT2D eigenvalue weighted by Crippen LogP contribution is -2.50. The topological polar surface area (TPSA) is 91.0 Å². The van der Waals surface area contributed by atoms with Crippen molar-refractivity contribution in [1.82, 2.24) is 15.1 Å². The van der Waals surface area contributed by atoms with Crippen molar-refractivity contribution in [2.45, 2.75) is 13.3 Å². The number of rotatable bonds is 8. The number of hydrogen-bond acceptors (Lipinski definition) is 5. The van der Waals surface area contributed by atoms with Crippen LogP contribution in [0.25, 0.3) is 0 Å². The maximum absolute atomic E-state index is 12.6. The molecule has 1 aliphatic heterocycles. The number of piperazine rings is 1. The van der Waals surface area contributed by atoms with Crippen molar-refractivity contribution in [3.05, 3.63) is 59.1 Å². The first-order valence-corrected chi connectivity index (χ1v) is 11.4. The fourth-order valence-electron chi connectivity index (χ4n) is 3.43. The van der Waals surface area contributed by atoms with E-state index in [1.165, 1.54) is 0 Å². The Morgan fingerprint density at radius 2 is 1.67 bits per heavy atom. The van der Waals surface area contributed by atoms with E-state index in [0.29, 0.717) is 67.9 Å². The van der Waals surface area contributed by atoms with Crippen LogP contribution in [0.2, 0.25) is 5.02 Å². The summed E-state index contributed by atoms with van der Waals surface area (Å²) in [6.07, 6.45) is 0.912. The molecule has 0 bridgehead atoms. The Balaban J connectivity index is 1.36. The zero-order chi connectivity index (χ0) is 23.6. The van der Waals surface area contributed by atoms with Crippen molar-refractivity contribution in [2.75, 3.05) is 51.2 Å². The molecule has 1 saturated heterocycles. The number of ether oxygens (including phenoxy) is 1. The number of benzene rings is 2. The van der Waals surface area contributed by atoms with E-state index in [2.05, 4.69) is 15.5 Å². The fraction of sp³-hybridized carbons (Fsp3) is 0.375. The second-order valence-electron chi connectivity index (χ2n) is 7.70. The minimum absolute atomic E-state index is 0.0739. The number of nitrogens with zero attached hydrogens (tertiary/aromatic N) is 2. The summed E-state index contributed by atoms with van der Waals surface area (Å²) in [5.74, 6) is -0.760. The van der Waals surface area contributed by atoms with Crippen LogP contribution < -0.4 is 15.4 Å². The molecule has 9 heteroatoms. The smallest absolute Gasteiger partial charge is 0.313 e. The van der Waals surface area contributed by atoms with Crippen LogP contribution in [-0.2, 0) is 9.59 Å². The summed E-state index contributed by atoms with van der Waals surface area (Å²) in [5, 5.41) is 5.67. The second kappa shape index (κ2) is 12.2. The minimum atomic E-state index is -0.715. The maximum Gasteiger partial charge on any atom is 0.313 e. The summed E-state index contributed by atoms with van der Waals surface area (Å²) in [4.78, 5) is 40.8.